The maximum atomic E-state index is 15.3. The fraction of sp³-hybridized carbons (Fsp3) is 0.645. The van der Waals surface area contributed by atoms with Gasteiger partial charge in [-0.05, 0) is 74.4 Å². The number of hydrogen-bond acceptors (Lipinski definition) is 3. The first-order valence-corrected chi connectivity index (χ1v) is 14.4. The largest absolute Gasteiger partial charge is 0.490 e. The van der Waals surface area contributed by atoms with Crippen LogP contribution in [0.15, 0.2) is 30.3 Å². The zero-order valence-electron chi connectivity index (χ0n) is 23.2. The van der Waals surface area contributed by atoms with Crippen LogP contribution in [0.4, 0.5) is 22.0 Å². The van der Waals surface area contributed by atoms with Crippen LogP contribution in [0.1, 0.15) is 89.2 Å². The van der Waals surface area contributed by atoms with Crippen molar-refractivity contribution in [1.29, 1.82) is 0 Å². The number of benzene rings is 1. The van der Waals surface area contributed by atoms with Gasteiger partial charge in [0.25, 0.3) is 5.92 Å². The first-order chi connectivity index (χ1) is 18.8. The normalized spacial score (nSPS) is 18.0. The van der Waals surface area contributed by atoms with E-state index in [9.17, 15) is 8.78 Å². The van der Waals surface area contributed by atoms with Crippen LogP contribution in [0.25, 0.3) is 11.3 Å². The van der Waals surface area contributed by atoms with Gasteiger partial charge in [-0.3, -0.25) is 0 Å². The second kappa shape index (κ2) is 15.5. The van der Waals surface area contributed by atoms with Crippen molar-refractivity contribution in [1.82, 2.24) is 4.98 Å². The summed E-state index contributed by atoms with van der Waals surface area (Å²) in [6, 6.07) is 7.84. The van der Waals surface area contributed by atoms with Crippen LogP contribution in [0.2, 0.25) is 0 Å². The molecular formula is C31H42F5NO2. The van der Waals surface area contributed by atoms with Crippen LogP contribution in [-0.4, -0.2) is 37.1 Å². The maximum absolute atomic E-state index is 15.3. The number of fused-ring (bicyclic) bond motifs is 1. The maximum Gasteiger partial charge on any atom is 0.280 e. The summed E-state index contributed by atoms with van der Waals surface area (Å²) in [6.45, 7) is 4.91. The Morgan fingerprint density at radius 2 is 1.67 bits per heavy atom. The second-order valence-corrected chi connectivity index (χ2v) is 10.5. The molecule has 1 heterocycles. The smallest absolute Gasteiger partial charge is 0.280 e. The van der Waals surface area contributed by atoms with Gasteiger partial charge < -0.3 is 9.47 Å². The number of nitrogens with zero attached hydrogens (tertiary/aromatic N) is 1. The molecule has 3 atom stereocenters. The molecule has 0 saturated carbocycles. The van der Waals surface area contributed by atoms with Gasteiger partial charge in [0.15, 0.2) is 6.17 Å². The zero-order valence-corrected chi connectivity index (χ0v) is 23.2. The summed E-state index contributed by atoms with van der Waals surface area (Å²) < 4.78 is 84.1. The van der Waals surface area contributed by atoms with Crippen molar-refractivity contribution in [3.8, 4) is 17.0 Å². The summed E-state index contributed by atoms with van der Waals surface area (Å²) in [4.78, 5) is 3.87. The molecule has 0 saturated heterocycles. The number of hydrogen-bond donors (Lipinski definition) is 0. The molecule has 0 spiro atoms. The van der Waals surface area contributed by atoms with E-state index in [1.807, 2.05) is 0 Å². The van der Waals surface area contributed by atoms with Crippen LogP contribution in [0.3, 0.4) is 0 Å². The molecule has 3 unspecified atom stereocenters. The third kappa shape index (κ3) is 8.89. The van der Waals surface area contributed by atoms with Crippen LogP contribution >= 0.6 is 0 Å². The standard InChI is InChI=1S/C31H42F5NO2/c1-3-5-8-18-38-19-9-6-7-11-24-15-12-23-20-28(37-30(34)29(23)31(24,35)36)22-13-16-25(17-14-22)39-21-27(33)26(32)10-4-2/h13-14,16-17,20,24,26-27H,3-12,15,18-19,21H2,1-2H3. The summed E-state index contributed by atoms with van der Waals surface area (Å²) in [7, 11) is 0. The minimum Gasteiger partial charge on any atom is -0.490 e. The van der Waals surface area contributed by atoms with E-state index in [1.165, 1.54) is 6.07 Å². The van der Waals surface area contributed by atoms with Crippen molar-refractivity contribution in [2.45, 2.75) is 103 Å². The molecule has 0 radical (unpaired) electrons. The molecule has 0 bridgehead atoms. The Balaban J connectivity index is 1.55. The van der Waals surface area contributed by atoms with Crippen molar-refractivity contribution in [3.63, 3.8) is 0 Å². The third-order valence-electron chi connectivity index (χ3n) is 7.41. The van der Waals surface area contributed by atoms with Crippen molar-refractivity contribution in [3.05, 3.63) is 47.4 Å². The quantitative estimate of drug-likeness (QED) is 0.111. The number of alkyl halides is 4. The summed E-state index contributed by atoms with van der Waals surface area (Å²) in [5.41, 5.74) is 0.479. The van der Waals surface area contributed by atoms with Crippen LogP contribution < -0.4 is 4.74 Å². The Bertz CT molecular complexity index is 1000. The van der Waals surface area contributed by atoms with E-state index in [2.05, 4.69) is 11.9 Å². The molecule has 3 rings (SSSR count). The molecule has 3 nitrogen and oxygen atoms in total. The lowest BCUT2D eigenvalue weighted by molar-refractivity contribution is -0.0825. The Hall–Kier alpha value is -2.22. The van der Waals surface area contributed by atoms with Gasteiger partial charge in [0.1, 0.15) is 18.5 Å². The molecule has 1 aromatic heterocycles. The Morgan fingerprint density at radius 1 is 0.949 bits per heavy atom. The summed E-state index contributed by atoms with van der Waals surface area (Å²) >= 11 is 0. The van der Waals surface area contributed by atoms with Crippen LogP contribution in [0, 0.1) is 11.9 Å². The number of rotatable bonds is 17. The van der Waals surface area contributed by atoms with Gasteiger partial charge in [-0.25, -0.2) is 22.5 Å². The molecule has 218 valence electrons. The fourth-order valence-electron chi connectivity index (χ4n) is 5.09. The van der Waals surface area contributed by atoms with E-state index in [1.54, 1.807) is 31.2 Å². The Kier molecular flexibility index (Phi) is 12.5. The minimum atomic E-state index is -3.27. The number of aromatic nitrogens is 1. The van der Waals surface area contributed by atoms with E-state index in [4.69, 9.17) is 9.47 Å². The highest BCUT2D eigenvalue weighted by atomic mass is 19.3. The SMILES string of the molecule is CCCCCOCCCCCC1CCc2cc(-c3ccc(OCC(F)C(F)CCC)cc3)nc(F)c2C1(F)F. The predicted molar refractivity (Wildman–Crippen MR) is 144 cm³/mol. The van der Waals surface area contributed by atoms with Crippen molar-refractivity contribution in [2.75, 3.05) is 19.8 Å². The van der Waals surface area contributed by atoms with Crippen molar-refractivity contribution in [2.24, 2.45) is 5.92 Å². The third-order valence-corrected chi connectivity index (χ3v) is 7.41. The summed E-state index contributed by atoms with van der Waals surface area (Å²) in [5, 5.41) is 0. The van der Waals surface area contributed by atoms with E-state index in [0.29, 0.717) is 50.0 Å². The van der Waals surface area contributed by atoms with Crippen LogP contribution in [-0.2, 0) is 17.1 Å². The van der Waals surface area contributed by atoms with Gasteiger partial charge in [-0.15, -0.1) is 0 Å². The molecule has 1 aromatic carbocycles. The minimum absolute atomic E-state index is 0.132. The summed E-state index contributed by atoms with van der Waals surface area (Å²) in [5.74, 6) is -4.98. The van der Waals surface area contributed by atoms with Gasteiger partial charge in [-0.2, -0.15) is 4.39 Å². The monoisotopic (exact) mass is 555 g/mol. The highest BCUT2D eigenvalue weighted by Crippen LogP contribution is 2.47. The fourth-order valence-corrected chi connectivity index (χ4v) is 5.09. The van der Waals surface area contributed by atoms with Gasteiger partial charge in [0.2, 0.25) is 5.95 Å². The van der Waals surface area contributed by atoms with E-state index in [0.717, 1.165) is 38.7 Å². The Labute approximate surface area is 229 Å². The number of ether oxygens (including phenoxy) is 2. The number of unbranched alkanes of at least 4 members (excludes halogenated alkanes) is 4. The number of aryl methyl sites for hydroxylation is 1. The predicted octanol–water partition coefficient (Wildman–Crippen LogP) is 9.16. The molecular weight excluding hydrogens is 513 g/mol. The average molecular weight is 556 g/mol. The Morgan fingerprint density at radius 3 is 2.36 bits per heavy atom. The highest BCUT2D eigenvalue weighted by molar-refractivity contribution is 5.62. The van der Waals surface area contributed by atoms with Crippen LogP contribution in [0.5, 0.6) is 5.75 Å². The first kappa shape index (κ1) is 31.3. The average Bonchev–Trinajstić information content (AvgIpc) is 2.91. The second-order valence-electron chi connectivity index (χ2n) is 10.5. The lowest BCUT2D eigenvalue weighted by atomic mass is 9.78. The molecule has 1 aliphatic rings. The molecule has 8 heteroatoms. The van der Waals surface area contributed by atoms with E-state index >= 15 is 13.2 Å². The van der Waals surface area contributed by atoms with Gasteiger partial charge in [-0.1, -0.05) is 46.0 Å². The molecule has 39 heavy (non-hydrogen) atoms. The van der Waals surface area contributed by atoms with Gasteiger partial charge in [0.05, 0.1) is 11.3 Å². The van der Waals surface area contributed by atoms with E-state index < -0.39 is 42.3 Å². The van der Waals surface area contributed by atoms with Gasteiger partial charge in [0, 0.05) is 24.7 Å². The molecule has 0 N–H and O–H groups in total. The molecule has 0 fully saturated rings. The molecule has 0 amide bonds. The topological polar surface area (TPSA) is 31.4 Å². The zero-order chi connectivity index (χ0) is 28.3. The van der Waals surface area contributed by atoms with Crippen molar-refractivity contribution >= 4 is 0 Å². The summed E-state index contributed by atoms with van der Waals surface area (Å²) in [6.07, 6.45) is 4.03. The lowest BCUT2D eigenvalue weighted by Crippen LogP contribution is -2.33. The number of pyridine rings is 1. The molecule has 2 aromatic rings. The molecule has 1 aliphatic carbocycles. The van der Waals surface area contributed by atoms with E-state index in [-0.39, 0.29) is 17.7 Å². The highest BCUT2D eigenvalue weighted by Gasteiger charge is 2.47. The van der Waals surface area contributed by atoms with Crippen molar-refractivity contribution < 1.29 is 31.4 Å². The lowest BCUT2D eigenvalue weighted by Gasteiger charge is -2.33. The van der Waals surface area contributed by atoms with Gasteiger partial charge >= 0.3 is 0 Å². The molecule has 0 aliphatic heterocycles. The first-order valence-electron chi connectivity index (χ1n) is 14.4. The number of halogens is 5.